The third kappa shape index (κ3) is 5.95. The second kappa shape index (κ2) is 11.3. The Morgan fingerprint density at radius 2 is 1.64 bits per heavy atom. The summed E-state index contributed by atoms with van der Waals surface area (Å²) >= 11 is 6.13. The average molecular weight is 500 g/mol. The van der Waals surface area contributed by atoms with E-state index in [0.717, 1.165) is 16.3 Å². The molecule has 0 unspecified atom stereocenters. The number of hydrazone groups is 1. The van der Waals surface area contributed by atoms with Crippen molar-refractivity contribution in [2.75, 3.05) is 6.54 Å². The largest absolute Gasteiger partial charge is 0.422 e. The van der Waals surface area contributed by atoms with E-state index in [0.29, 0.717) is 11.1 Å². The Bertz CT molecular complexity index is 1470. The van der Waals surface area contributed by atoms with Crippen LogP contribution in [0.15, 0.2) is 90.0 Å². The molecule has 0 saturated heterocycles. The topological polar surface area (TPSA) is 96.9 Å². The molecular formula is C28H22ClN3O4. The second-order valence-corrected chi connectivity index (χ2v) is 8.32. The first-order chi connectivity index (χ1) is 17.4. The second-order valence-electron chi connectivity index (χ2n) is 7.91. The number of carbonyl (C=O) groups is 3. The SMILES string of the molecule is Cc1ccc(C(=O)NCC(=O)N/N=C\c2c(OC(=O)c3ccccc3Cl)ccc3ccccc23)cc1. The van der Waals surface area contributed by atoms with Gasteiger partial charge in [0.25, 0.3) is 11.8 Å². The normalized spacial score (nSPS) is 10.8. The van der Waals surface area contributed by atoms with Gasteiger partial charge in [-0.05, 0) is 48.0 Å². The quantitative estimate of drug-likeness (QED) is 0.163. The minimum atomic E-state index is -0.617. The number of benzene rings is 4. The molecule has 0 fully saturated rings. The summed E-state index contributed by atoms with van der Waals surface area (Å²) in [5.74, 6) is -1.24. The van der Waals surface area contributed by atoms with Gasteiger partial charge >= 0.3 is 5.97 Å². The molecule has 0 saturated carbocycles. The van der Waals surface area contributed by atoms with Crippen LogP contribution in [0.3, 0.4) is 0 Å². The Balaban J connectivity index is 1.47. The van der Waals surface area contributed by atoms with Crippen LogP contribution in [0.1, 0.15) is 31.8 Å². The molecular weight excluding hydrogens is 478 g/mol. The molecule has 8 heteroatoms. The first-order valence-corrected chi connectivity index (χ1v) is 11.5. The van der Waals surface area contributed by atoms with E-state index in [-0.39, 0.29) is 28.8 Å². The van der Waals surface area contributed by atoms with Gasteiger partial charge in [0.05, 0.1) is 23.3 Å². The number of carbonyl (C=O) groups excluding carboxylic acids is 3. The molecule has 2 amide bonds. The number of nitrogens with one attached hydrogen (secondary N) is 2. The van der Waals surface area contributed by atoms with E-state index in [1.54, 1.807) is 42.5 Å². The van der Waals surface area contributed by atoms with Crippen molar-refractivity contribution in [3.05, 3.63) is 112 Å². The fourth-order valence-electron chi connectivity index (χ4n) is 3.46. The molecule has 0 aliphatic heterocycles. The van der Waals surface area contributed by atoms with Gasteiger partial charge in [-0.25, -0.2) is 10.2 Å². The van der Waals surface area contributed by atoms with Gasteiger partial charge in [0, 0.05) is 11.1 Å². The van der Waals surface area contributed by atoms with Gasteiger partial charge in [0.1, 0.15) is 5.75 Å². The van der Waals surface area contributed by atoms with E-state index >= 15 is 0 Å². The third-order valence-corrected chi connectivity index (χ3v) is 5.66. The molecule has 4 rings (SSSR count). The summed E-state index contributed by atoms with van der Waals surface area (Å²) in [5.41, 5.74) is 4.60. The average Bonchev–Trinajstić information content (AvgIpc) is 2.89. The maximum atomic E-state index is 12.7. The van der Waals surface area contributed by atoms with Crippen molar-refractivity contribution in [1.82, 2.24) is 10.7 Å². The van der Waals surface area contributed by atoms with Crippen LogP contribution in [-0.2, 0) is 4.79 Å². The molecule has 0 spiro atoms. The summed E-state index contributed by atoms with van der Waals surface area (Å²) in [6.45, 7) is 1.67. The number of hydrogen-bond acceptors (Lipinski definition) is 5. The molecule has 4 aromatic rings. The molecule has 7 nitrogen and oxygen atoms in total. The highest BCUT2D eigenvalue weighted by Crippen LogP contribution is 2.28. The Labute approximate surface area is 212 Å². The number of ether oxygens (including phenoxy) is 1. The fourth-order valence-corrected chi connectivity index (χ4v) is 3.67. The molecule has 2 N–H and O–H groups in total. The first-order valence-electron chi connectivity index (χ1n) is 11.1. The van der Waals surface area contributed by atoms with E-state index in [9.17, 15) is 14.4 Å². The number of halogens is 1. The van der Waals surface area contributed by atoms with Crippen molar-refractivity contribution in [2.24, 2.45) is 5.10 Å². The molecule has 4 aromatic carbocycles. The van der Waals surface area contributed by atoms with Crippen LogP contribution in [0.4, 0.5) is 0 Å². The van der Waals surface area contributed by atoms with Gasteiger partial charge in [-0.3, -0.25) is 9.59 Å². The number of amides is 2. The van der Waals surface area contributed by atoms with Gasteiger partial charge in [0.15, 0.2) is 0 Å². The van der Waals surface area contributed by atoms with Crippen LogP contribution in [-0.4, -0.2) is 30.5 Å². The van der Waals surface area contributed by atoms with E-state index in [1.165, 1.54) is 6.21 Å². The fraction of sp³-hybridized carbons (Fsp3) is 0.0714. The molecule has 0 atom stereocenters. The van der Waals surface area contributed by atoms with Crippen molar-refractivity contribution in [2.45, 2.75) is 6.92 Å². The lowest BCUT2D eigenvalue weighted by atomic mass is 10.0. The van der Waals surface area contributed by atoms with Crippen molar-refractivity contribution in [3.8, 4) is 5.75 Å². The highest BCUT2D eigenvalue weighted by molar-refractivity contribution is 6.33. The third-order valence-electron chi connectivity index (χ3n) is 5.33. The van der Waals surface area contributed by atoms with Crippen LogP contribution in [0.2, 0.25) is 5.02 Å². The van der Waals surface area contributed by atoms with Gasteiger partial charge < -0.3 is 10.1 Å². The van der Waals surface area contributed by atoms with Crippen LogP contribution in [0, 0.1) is 6.92 Å². The molecule has 36 heavy (non-hydrogen) atoms. The van der Waals surface area contributed by atoms with Gasteiger partial charge in [-0.15, -0.1) is 0 Å². The van der Waals surface area contributed by atoms with Crippen molar-refractivity contribution in [1.29, 1.82) is 0 Å². The standard InChI is InChI=1S/C28H22ClN3O4/c1-18-10-12-20(13-11-18)27(34)30-17-26(33)32-31-16-23-21-7-3-2-6-19(21)14-15-25(23)36-28(35)22-8-4-5-9-24(22)29/h2-16H,17H2,1H3,(H,30,34)(H,32,33)/b31-16-. The van der Waals surface area contributed by atoms with Crippen molar-refractivity contribution >= 4 is 46.4 Å². The number of esters is 1. The molecule has 0 aromatic heterocycles. The zero-order valence-electron chi connectivity index (χ0n) is 19.3. The number of nitrogens with zero attached hydrogens (tertiary/aromatic N) is 1. The minimum absolute atomic E-state index is 0.229. The summed E-state index contributed by atoms with van der Waals surface area (Å²) in [5, 5.41) is 8.51. The Morgan fingerprint density at radius 1 is 0.917 bits per heavy atom. The molecule has 0 radical (unpaired) electrons. The lowest BCUT2D eigenvalue weighted by Crippen LogP contribution is -2.34. The lowest BCUT2D eigenvalue weighted by molar-refractivity contribution is -0.120. The Morgan fingerprint density at radius 3 is 2.42 bits per heavy atom. The smallest absolute Gasteiger partial charge is 0.345 e. The highest BCUT2D eigenvalue weighted by atomic mass is 35.5. The predicted molar refractivity (Wildman–Crippen MR) is 140 cm³/mol. The maximum Gasteiger partial charge on any atom is 0.345 e. The van der Waals surface area contributed by atoms with Gasteiger partial charge in [0.2, 0.25) is 0 Å². The van der Waals surface area contributed by atoms with E-state index in [4.69, 9.17) is 16.3 Å². The van der Waals surface area contributed by atoms with Gasteiger partial charge in [-0.2, -0.15) is 5.10 Å². The summed E-state index contributed by atoms with van der Waals surface area (Å²) in [4.78, 5) is 37.2. The van der Waals surface area contributed by atoms with E-state index < -0.39 is 11.9 Å². The number of aryl methyl sites for hydroxylation is 1. The van der Waals surface area contributed by atoms with Crippen LogP contribution in [0.25, 0.3) is 10.8 Å². The van der Waals surface area contributed by atoms with E-state index in [1.807, 2.05) is 49.4 Å². The number of hydrogen-bond donors (Lipinski definition) is 2. The van der Waals surface area contributed by atoms with Crippen molar-refractivity contribution in [3.63, 3.8) is 0 Å². The summed E-state index contributed by atoms with van der Waals surface area (Å²) in [7, 11) is 0. The monoisotopic (exact) mass is 499 g/mol. The zero-order chi connectivity index (χ0) is 25.5. The van der Waals surface area contributed by atoms with E-state index in [2.05, 4.69) is 15.8 Å². The number of fused-ring (bicyclic) bond motifs is 1. The highest BCUT2D eigenvalue weighted by Gasteiger charge is 2.16. The summed E-state index contributed by atoms with van der Waals surface area (Å²) in [6.07, 6.45) is 1.40. The minimum Gasteiger partial charge on any atom is -0.422 e. The van der Waals surface area contributed by atoms with Crippen LogP contribution >= 0.6 is 11.6 Å². The molecule has 0 bridgehead atoms. The zero-order valence-corrected chi connectivity index (χ0v) is 20.1. The first kappa shape index (κ1) is 24.6. The lowest BCUT2D eigenvalue weighted by Gasteiger charge is -2.11. The Kier molecular flexibility index (Phi) is 7.72. The van der Waals surface area contributed by atoms with Gasteiger partial charge in [-0.1, -0.05) is 71.8 Å². The summed E-state index contributed by atoms with van der Waals surface area (Å²) < 4.78 is 5.63. The molecule has 180 valence electrons. The van der Waals surface area contributed by atoms with Crippen LogP contribution < -0.4 is 15.5 Å². The molecule has 0 aliphatic carbocycles. The summed E-state index contributed by atoms with van der Waals surface area (Å²) in [6, 6.07) is 24.6. The molecule has 0 aliphatic rings. The maximum absolute atomic E-state index is 12.7. The van der Waals surface area contributed by atoms with Crippen molar-refractivity contribution < 1.29 is 19.1 Å². The predicted octanol–water partition coefficient (Wildman–Crippen LogP) is 4.90. The Hall–Kier alpha value is -4.49. The molecule has 0 heterocycles. The van der Waals surface area contributed by atoms with Crippen LogP contribution in [0.5, 0.6) is 5.75 Å². The number of rotatable bonds is 7.